The van der Waals surface area contributed by atoms with Gasteiger partial charge in [0.1, 0.15) is 5.76 Å². The van der Waals surface area contributed by atoms with Gasteiger partial charge in [0.25, 0.3) is 0 Å². The van der Waals surface area contributed by atoms with Gasteiger partial charge >= 0.3 is 0 Å². The lowest BCUT2D eigenvalue weighted by atomic mass is 10.3. The fraction of sp³-hybridized carbons (Fsp3) is 0.143. The van der Waals surface area contributed by atoms with E-state index in [9.17, 15) is 0 Å². The smallest absolute Gasteiger partial charge is 0.115 e. The molecule has 0 atom stereocenters. The molecule has 2 heteroatoms. The maximum Gasteiger partial charge on any atom is 0.115 e. The second-order valence-electron chi connectivity index (χ2n) is 2.20. The highest BCUT2D eigenvalue weighted by Gasteiger charge is 2.08. The molecule has 0 saturated carbocycles. The van der Waals surface area contributed by atoms with E-state index in [1.165, 1.54) is 0 Å². The fourth-order valence-corrected chi connectivity index (χ4v) is 1.10. The number of fused-ring (bicyclic) bond motifs is 1. The van der Waals surface area contributed by atoms with E-state index in [0.717, 1.165) is 5.69 Å². The molecule has 0 saturated heterocycles. The predicted octanol–water partition coefficient (Wildman–Crippen LogP) is 1.40. The van der Waals surface area contributed by atoms with Crippen LogP contribution in [0.2, 0.25) is 0 Å². The average molecular weight is 121 g/mol. The number of aliphatic hydroxyl groups is 1. The summed E-state index contributed by atoms with van der Waals surface area (Å²) in [6.07, 6.45) is 4.35. The molecule has 2 nitrogen and oxygen atoms in total. The third-order valence-corrected chi connectivity index (χ3v) is 1.52. The molecule has 0 aliphatic carbocycles. The lowest BCUT2D eigenvalue weighted by Gasteiger charge is -1.87. The van der Waals surface area contributed by atoms with Crippen LogP contribution < -0.4 is 0 Å². The summed E-state index contributed by atoms with van der Waals surface area (Å²) < 4.78 is 1.93. The molecule has 0 fully saturated rings. The molecule has 0 aromatic carbocycles. The Balaban J connectivity index is 2.55. The van der Waals surface area contributed by atoms with Crippen molar-refractivity contribution in [1.82, 2.24) is 4.57 Å². The van der Waals surface area contributed by atoms with Gasteiger partial charge in [0.2, 0.25) is 0 Å². The van der Waals surface area contributed by atoms with Gasteiger partial charge in [0, 0.05) is 24.5 Å². The molecule has 1 aromatic rings. The van der Waals surface area contributed by atoms with E-state index in [-0.39, 0.29) is 0 Å². The van der Waals surface area contributed by atoms with Gasteiger partial charge in [-0.1, -0.05) is 0 Å². The Morgan fingerprint density at radius 1 is 1.56 bits per heavy atom. The largest absolute Gasteiger partial charge is 0.510 e. The third-order valence-electron chi connectivity index (χ3n) is 1.52. The van der Waals surface area contributed by atoms with Crippen LogP contribution in [0.4, 0.5) is 0 Å². The molecule has 1 aromatic heterocycles. The average Bonchev–Trinajstić information content (AvgIpc) is 2.22. The van der Waals surface area contributed by atoms with Crippen LogP contribution >= 0.6 is 0 Å². The first-order valence-electron chi connectivity index (χ1n) is 2.91. The first-order valence-corrected chi connectivity index (χ1v) is 2.91. The van der Waals surface area contributed by atoms with Crippen LogP contribution in [-0.4, -0.2) is 9.67 Å². The van der Waals surface area contributed by atoms with Crippen molar-refractivity contribution >= 4 is 6.20 Å². The second kappa shape index (κ2) is 1.41. The topological polar surface area (TPSA) is 25.2 Å². The Labute approximate surface area is 53.0 Å². The van der Waals surface area contributed by atoms with E-state index in [0.29, 0.717) is 12.2 Å². The predicted molar refractivity (Wildman–Crippen MR) is 35.0 cm³/mol. The SMILES string of the molecule is OC1=Cn2cccc2C1. The number of rotatable bonds is 0. The standard InChI is InChI=1S/C7H7NO/c9-7-4-6-2-1-3-8(6)5-7/h1-3,5,9H,4H2. The zero-order valence-corrected chi connectivity index (χ0v) is 4.91. The number of hydrogen-bond donors (Lipinski definition) is 1. The Morgan fingerprint density at radius 2 is 2.44 bits per heavy atom. The highest BCUT2D eigenvalue weighted by molar-refractivity contribution is 5.39. The number of hydrogen-bond acceptors (Lipinski definition) is 1. The number of allylic oxidation sites excluding steroid dienone is 1. The molecule has 2 rings (SSSR count). The molecule has 1 aliphatic rings. The van der Waals surface area contributed by atoms with E-state index in [4.69, 9.17) is 5.11 Å². The highest BCUT2D eigenvalue weighted by atomic mass is 16.3. The molecule has 0 spiro atoms. The van der Waals surface area contributed by atoms with Crippen molar-refractivity contribution in [1.29, 1.82) is 0 Å². The van der Waals surface area contributed by atoms with Gasteiger partial charge in [-0.25, -0.2) is 0 Å². The summed E-state index contributed by atoms with van der Waals surface area (Å²) in [6.45, 7) is 0. The minimum atomic E-state index is 0.450. The molecule has 46 valence electrons. The minimum absolute atomic E-state index is 0.450. The van der Waals surface area contributed by atoms with Crippen molar-refractivity contribution < 1.29 is 5.11 Å². The first kappa shape index (κ1) is 4.68. The van der Waals surface area contributed by atoms with Crippen LogP contribution in [0.15, 0.2) is 24.1 Å². The highest BCUT2D eigenvalue weighted by Crippen LogP contribution is 2.15. The van der Waals surface area contributed by atoms with Crippen LogP contribution in [0.25, 0.3) is 6.20 Å². The summed E-state index contributed by atoms with van der Waals surface area (Å²) in [5, 5.41) is 8.98. The minimum Gasteiger partial charge on any atom is -0.510 e. The first-order chi connectivity index (χ1) is 4.36. The lowest BCUT2D eigenvalue weighted by Crippen LogP contribution is -1.82. The van der Waals surface area contributed by atoms with Gasteiger partial charge < -0.3 is 9.67 Å². The van der Waals surface area contributed by atoms with Crippen molar-refractivity contribution in [2.75, 3.05) is 0 Å². The summed E-state index contributed by atoms with van der Waals surface area (Å²) in [5.41, 5.74) is 1.16. The summed E-state index contributed by atoms with van der Waals surface area (Å²) in [6, 6.07) is 3.97. The molecule has 0 amide bonds. The van der Waals surface area contributed by atoms with E-state index in [2.05, 4.69) is 0 Å². The maximum atomic E-state index is 8.98. The Morgan fingerprint density at radius 3 is 3.22 bits per heavy atom. The van der Waals surface area contributed by atoms with Crippen LogP contribution in [0.1, 0.15) is 5.69 Å². The summed E-state index contributed by atoms with van der Waals surface area (Å²) >= 11 is 0. The molecule has 0 radical (unpaired) electrons. The quantitative estimate of drug-likeness (QED) is 0.551. The number of aromatic nitrogens is 1. The Bertz CT molecular complexity index is 260. The van der Waals surface area contributed by atoms with Gasteiger partial charge in [-0.15, -0.1) is 0 Å². The molecule has 0 unspecified atom stereocenters. The van der Waals surface area contributed by atoms with Crippen molar-refractivity contribution in [2.24, 2.45) is 0 Å². The van der Waals surface area contributed by atoms with Crippen molar-refractivity contribution in [3.63, 3.8) is 0 Å². The molecular formula is C7H7NO. The zero-order chi connectivity index (χ0) is 6.27. The molecule has 1 N–H and O–H groups in total. The maximum absolute atomic E-state index is 8.98. The van der Waals surface area contributed by atoms with Crippen LogP contribution in [0, 0.1) is 0 Å². The normalized spacial score (nSPS) is 15.3. The van der Waals surface area contributed by atoms with Crippen molar-refractivity contribution in [3.05, 3.63) is 29.8 Å². The van der Waals surface area contributed by atoms with E-state index < -0.39 is 0 Å². The molecule has 2 heterocycles. The van der Waals surface area contributed by atoms with Gasteiger partial charge in [-0.3, -0.25) is 0 Å². The van der Waals surface area contributed by atoms with Crippen molar-refractivity contribution in [3.8, 4) is 0 Å². The summed E-state index contributed by atoms with van der Waals surface area (Å²) in [5.74, 6) is 0.450. The Kier molecular flexibility index (Phi) is 0.730. The van der Waals surface area contributed by atoms with E-state index in [1.54, 1.807) is 6.20 Å². The molecule has 0 bridgehead atoms. The van der Waals surface area contributed by atoms with Gasteiger partial charge in [0.15, 0.2) is 0 Å². The van der Waals surface area contributed by atoms with E-state index >= 15 is 0 Å². The van der Waals surface area contributed by atoms with Crippen LogP contribution in [0.5, 0.6) is 0 Å². The lowest BCUT2D eigenvalue weighted by molar-refractivity contribution is 0.408. The summed E-state index contributed by atoms with van der Waals surface area (Å²) in [4.78, 5) is 0. The number of aliphatic hydroxyl groups excluding tert-OH is 1. The van der Waals surface area contributed by atoms with Gasteiger partial charge in [0.05, 0.1) is 0 Å². The van der Waals surface area contributed by atoms with Gasteiger partial charge in [-0.2, -0.15) is 0 Å². The summed E-state index contributed by atoms with van der Waals surface area (Å²) in [7, 11) is 0. The second-order valence-corrected chi connectivity index (χ2v) is 2.20. The fourth-order valence-electron chi connectivity index (χ4n) is 1.10. The molecule has 1 aliphatic heterocycles. The monoisotopic (exact) mass is 121 g/mol. The third kappa shape index (κ3) is 0.560. The zero-order valence-electron chi connectivity index (χ0n) is 4.91. The Hall–Kier alpha value is -1.18. The van der Waals surface area contributed by atoms with Gasteiger partial charge in [-0.05, 0) is 12.1 Å². The molecular weight excluding hydrogens is 114 g/mol. The van der Waals surface area contributed by atoms with E-state index in [1.807, 2.05) is 22.9 Å². The molecule has 9 heavy (non-hydrogen) atoms. The van der Waals surface area contributed by atoms with Crippen LogP contribution in [0.3, 0.4) is 0 Å². The van der Waals surface area contributed by atoms with Crippen LogP contribution in [-0.2, 0) is 6.42 Å². The van der Waals surface area contributed by atoms with Crippen molar-refractivity contribution in [2.45, 2.75) is 6.42 Å². The number of nitrogens with zero attached hydrogens (tertiary/aromatic N) is 1.